The van der Waals surface area contributed by atoms with Crippen molar-refractivity contribution in [2.45, 2.75) is 58.1 Å². The second-order valence-corrected chi connectivity index (χ2v) is 11.2. The zero-order valence-corrected chi connectivity index (χ0v) is 21.9. The summed E-state index contributed by atoms with van der Waals surface area (Å²) in [6, 6.07) is 5.52. The number of imidazole rings is 1. The van der Waals surface area contributed by atoms with Gasteiger partial charge in [-0.05, 0) is 26.8 Å². The van der Waals surface area contributed by atoms with E-state index in [0.29, 0.717) is 52.1 Å². The molecule has 6 rings (SSSR count). The van der Waals surface area contributed by atoms with Gasteiger partial charge in [0.15, 0.2) is 11.4 Å². The molecule has 1 fully saturated rings. The number of thiazole rings is 1. The van der Waals surface area contributed by atoms with Crippen molar-refractivity contribution >= 4 is 38.6 Å². The molecular formula is C25H25FN4O4S2. The predicted octanol–water partition coefficient (Wildman–Crippen LogP) is 6.31. The fourth-order valence-electron chi connectivity index (χ4n) is 4.76. The molecule has 0 radical (unpaired) electrons. The van der Waals surface area contributed by atoms with E-state index in [9.17, 15) is 0 Å². The van der Waals surface area contributed by atoms with Crippen LogP contribution in [0.25, 0.3) is 27.4 Å². The molecular weight excluding hydrogens is 503 g/mol. The fraction of sp³-hybridized carbons (Fsp3) is 0.400. The van der Waals surface area contributed by atoms with Crippen LogP contribution in [-0.4, -0.2) is 38.9 Å². The summed E-state index contributed by atoms with van der Waals surface area (Å²) in [6.07, 6.45) is 2.17. The second-order valence-electron chi connectivity index (χ2n) is 9.19. The maximum atomic E-state index is 15.7. The number of methoxy groups -OCH3 is 1. The average molecular weight is 529 g/mol. The van der Waals surface area contributed by atoms with E-state index in [1.165, 1.54) is 22.7 Å². The molecule has 0 bridgehead atoms. The first kappa shape index (κ1) is 23.4. The van der Waals surface area contributed by atoms with Gasteiger partial charge in [-0.1, -0.05) is 11.3 Å². The number of alkyl halides is 1. The van der Waals surface area contributed by atoms with E-state index in [-0.39, 0.29) is 18.8 Å². The Morgan fingerprint density at radius 1 is 1.19 bits per heavy atom. The molecule has 1 aliphatic heterocycles. The first-order valence-electron chi connectivity index (χ1n) is 11.7. The standard InChI is InChI=1S/C25H25FN4O4S2/c1-13-8-25(26,9-14(2)33-13)23-27-16(12-35-23)11-32-20-5-17(31-4)6-21-18(20)7-22(34-21)19-10-30-24(28-19)36-15(3)29-30/h5-7,10,12-14H,8-9,11H2,1-4H3. The Labute approximate surface area is 214 Å². The molecule has 188 valence electrons. The lowest BCUT2D eigenvalue weighted by atomic mass is 9.90. The number of furan rings is 1. The third-order valence-electron chi connectivity index (χ3n) is 6.20. The summed E-state index contributed by atoms with van der Waals surface area (Å²) in [5, 5.41) is 8.48. The van der Waals surface area contributed by atoms with Crippen molar-refractivity contribution < 1.29 is 23.0 Å². The Kier molecular flexibility index (Phi) is 5.73. The molecule has 1 aliphatic rings. The van der Waals surface area contributed by atoms with E-state index in [1.807, 2.05) is 50.5 Å². The summed E-state index contributed by atoms with van der Waals surface area (Å²) in [5.41, 5.74) is 0.502. The van der Waals surface area contributed by atoms with E-state index in [0.717, 1.165) is 15.4 Å². The molecule has 5 heterocycles. The van der Waals surface area contributed by atoms with Crippen molar-refractivity contribution in [1.82, 2.24) is 19.6 Å². The van der Waals surface area contributed by atoms with Crippen LogP contribution in [0.1, 0.15) is 42.4 Å². The van der Waals surface area contributed by atoms with E-state index < -0.39 is 5.67 Å². The third-order valence-corrected chi connectivity index (χ3v) is 8.11. The maximum Gasteiger partial charge on any atom is 0.212 e. The third kappa shape index (κ3) is 4.25. The van der Waals surface area contributed by atoms with Crippen molar-refractivity contribution in [1.29, 1.82) is 0 Å². The minimum Gasteiger partial charge on any atom is -0.496 e. The van der Waals surface area contributed by atoms with Gasteiger partial charge >= 0.3 is 0 Å². The second kappa shape index (κ2) is 8.82. The van der Waals surface area contributed by atoms with Crippen LogP contribution in [0.3, 0.4) is 0 Å². The average Bonchev–Trinajstić information content (AvgIpc) is 3.58. The summed E-state index contributed by atoms with van der Waals surface area (Å²) in [6.45, 7) is 5.94. The Morgan fingerprint density at radius 3 is 2.75 bits per heavy atom. The summed E-state index contributed by atoms with van der Waals surface area (Å²) in [7, 11) is 1.59. The van der Waals surface area contributed by atoms with Gasteiger partial charge in [-0.15, -0.1) is 11.3 Å². The largest absolute Gasteiger partial charge is 0.496 e. The highest BCUT2D eigenvalue weighted by Gasteiger charge is 2.42. The van der Waals surface area contributed by atoms with Crippen LogP contribution < -0.4 is 9.47 Å². The van der Waals surface area contributed by atoms with Crippen molar-refractivity contribution in [3.8, 4) is 23.0 Å². The van der Waals surface area contributed by atoms with Crippen LogP contribution in [0.15, 0.2) is 34.2 Å². The van der Waals surface area contributed by atoms with Crippen LogP contribution in [0.2, 0.25) is 0 Å². The number of aromatic nitrogens is 4. The zero-order valence-electron chi connectivity index (χ0n) is 20.3. The molecule has 4 aromatic heterocycles. The Bertz CT molecular complexity index is 1510. The van der Waals surface area contributed by atoms with Crippen molar-refractivity contribution in [3.05, 3.63) is 45.5 Å². The molecule has 5 aromatic rings. The molecule has 2 atom stereocenters. The van der Waals surface area contributed by atoms with Crippen LogP contribution >= 0.6 is 22.7 Å². The van der Waals surface area contributed by atoms with E-state index in [1.54, 1.807) is 11.6 Å². The normalized spacial score (nSPS) is 22.5. The molecule has 0 aliphatic carbocycles. The molecule has 0 spiro atoms. The molecule has 36 heavy (non-hydrogen) atoms. The van der Waals surface area contributed by atoms with Crippen molar-refractivity contribution in [2.75, 3.05) is 7.11 Å². The SMILES string of the molecule is COc1cc(OCc2csc(C3(F)CC(C)OC(C)C3)n2)c2cc(-c3cn4nc(C)sc4n3)oc2c1. The molecule has 0 saturated carbocycles. The monoisotopic (exact) mass is 528 g/mol. The van der Waals surface area contributed by atoms with Gasteiger partial charge in [-0.25, -0.2) is 18.9 Å². The molecule has 2 unspecified atom stereocenters. The van der Waals surface area contributed by atoms with Gasteiger partial charge < -0.3 is 18.6 Å². The maximum absolute atomic E-state index is 15.7. The van der Waals surface area contributed by atoms with Gasteiger partial charge in [0.1, 0.15) is 39.4 Å². The lowest BCUT2D eigenvalue weighted by Crippen LogP contribution is -2.38. The van der Waals surface area contributed by atoms with Gasteiger partial charge in [0, 0.05) is 30.4 Å². The van der Waals surface area contributed by atoms with Gasteiger partial charge in [0.25, 0.3) is 0 Å². The number of ether oxygens (including phenoxy) is 3. The van der Waals surface area contributed by atoms with Crippen LogP contribution in [0, 0.1) is 6.92 Å². The lowest BCUT2D eigenvalue weighted by Gasteiger charge is -2.35. The topological polar surface area (TPSA) is 83.9 Å². The Balaban J connectivity index is 1.26. The number of nitrogens with zero attached hydrogens (tertiary/aromatic N) is 4. The molecule has 11 heteroatoms. The first-order valence-corrected chi connectivity index (χ1v) is 13.4. The van der Waals surface area contributed by atoms with E-state index >= 15 is 4.39 Å². The smallest absolute Gasteiger partial charge is 0.212 e. The number of fused-ring (bicyclic) bond motifs is 2. The number of aryl methyl sites for hydroxylation is 1. The van der Waals surface area contributed by atoms with Gasteiger partial charge in [-0.3, -0.25) is 0 Å². The predicted molar refractivity (Wildman–Crippen MR) is 136 cm³/mol. The highest BCUT2D eigenvalue weighted by atomic mass is 32.1. The van der Waals surface area contributed by atoms with E-state index in [4.69, 9.17) is 18.6 Å². The summed E-state index contributed by atoms with van der Waals surface area (Å²) in [4.78, 5) is 10.0. The van der Waals surface area contributed by atoms with Crippen LogP contribution in [-0.2, 0) is 17.0 Å². The fourth-order valence-corrected chi connectivity index (χ4v) is 6.40. The van der Waals surface area contributed by atoms with Gasteiger partial charge in [0.2, 0.25) is 4.96 Å². The molecule has 1 aromatic carbocycles. The number of benzene rings is 1. The first-order chi connectivity index (χ1) is 17.3. The Hall–Kier alpha value is -3.02. The Morgan fingerprint density at radius 2 is 2.00 bits per heavy atom. The quantitative estimate of drug-likeness (QED) is 0.255. The number of rotatable bonds is 6. The lowest BCUT2D eigenvalue weighted by molar-refractivity contribution is -0.101. The minimum absolute atomic E-state index is 0.145. The zero-order chi connectivity index (χ0) is 25.0. The highest BCUT2D eigenvalue weighted by molar-refractivity contribution is 7.16. The molecule has 0 amide bonds. The van der Waals surface area contributed by atoms with Crippen LogP contribution in [0.4, 0.5) is 4.39 Å². The van der Waals surface area contributed by atoms with E-state index in [2.05, 4.69) is 15.1 Å². The number of halogens is 1. The molecule has 1 saturated heterocycles. The van der Waals surface area contributed by atoms with Crippen molar-refractivity contribution in [3.63, 3.8) is 0 Å². The summed E-state index contributed by atoms with van der Waals surface area (Å²) < 4.78 is 40.9. The van der Waals surface area contributed by atoms with Crippen molar-refractivity contribution in [2.24, 2.45) is 0 Å². The van der Waals surface area contributed by atoms with Crippen LogP contribution in [0.5, 0.6) is 11.5 Å². The minimum atomic E-state index is -1.48. The summed E-state index contributed by atoms with van der Waals surface area (Å²) in [5.74, 6) is 1.80. The highest BCUT2D eigenvalue weighted by Crippen LogP contribution is 2.42. The molecule has 8 nitrogen and oxygen atoms in total. The van der Waals surface area contributed by atoms with Gasteiger partial charge in [-0.2, -0.15) is 5.10 Å². The molecule has 0 N–H and O–H groups in total. The van der Waals surface area contributed by atoms with Gasteiger partial charge in [0.05, 0.1) is 36.6 Å². The number of hydrogen-bond acceptors (Lipinski definition) is 9. The summed E-state index contributed by atoms with van der Waals surface area (Å²) >= 11 is 2.85. The number of hydrogen-bond donors (Lipinski definition) is 0.